The zero-order chi connectivity index (χ0) is 18.4. The van der Waals surface area contributed by atoms with Crippen LogP contribution in [0, 0.1) is 6.92 Å². The topological polar surface area (TPSA) is 44.8 Å². The molecule has 0 fully saturated rings. The summed E-state index contributed by atoms with van der Waals surface area (Å²) in [5, 5.41) is 0. The Kier molecular flexibility index (Phi) is 5.54. The van der Waals surface area contributed by atoms with Crippen LogP contribution >= 0.6 is 0 Å². The standard InChI is InChI=1S/C22H20O4/c1-16-7-9-17(10-8-16)18-11-13-19(14-12-18)26-22(23)15-25-21-6-4-3-5-20(21)24-2/h3-14H,15H2,1-2H3. The predicted octanol–water partition coefficient (Wildman–Crippen LogP) is 4.66. The van der Waals surface area contributed by atoms with E-state index < -0.39 is 5.97 Å². The van der Waals surface area contributed by atoms with Crippen molar-refractivity contribution in [1.29, 1.82) is 0 Å². The van der Waals surface area contributed by atoms with Gasteiger partial charge in [0.05, 0.1) is 7.11 Å². The summed E-state index contributed by atoms with van der Waals surface area (Å²) in [4.78, 5) is 12.0. The molecule has 0 aliphatic rings. The van der Waals surface area contributed by atoms with Crippen molar-refractivity contribution in [2.45, 2.75) is 6.92 Å². The van der Waals surface area contributed by atoms with Crippen molar-refractivity contribution in [2.24, 2.45) is 0 Å². The lowest BCUT2D eigenvalue weighted by molar-refractivity contribution is -0.136. The fourth-order valence-electron chi connectivity index (χ4n) is 2.50. The summed E-state index contributed by atoms with van der Waals surface area (Å²) >= 11 is 0. The van der Waals surface area contributed by atoms with Gasteiger partial charge in [0, 0.05) is 0 Å². The molecule has 3 rings (SSSR count). The van der Waals surface area contributed by atoms with Crippen LogP contribution in [0.2, 0.25) is 0 Å². The van der Waals surface area contributed by atoms with E-state index in [1.165, 1.54) is 5.56 Å². The number of methoxy groups -OCH3 is 1. The lowest BCUT2D eigenvalue weighted by atomic mass is 10.0. The van der Waals surface area contributed by atoms with Crippen LogP contribution in [0.3, 0.4) is 0 Å². The fourth-order valence-corrected chi connectivity index (χ4v) is 2.50. The zero-order valence-electron chi connectivity index (χ0n) is 14.8. The summed E-state index contributed by atoms with van der Waals surface area (Å²) in [5.74, 6) is 1.08. The van der Waals surface area contributed by atoms with E-state index in [9.17, 15) is 4.79 Å². The number of hydrogen-bond acceptors (Lipinski definition) is 4. The van der Waals surface area contributed by atoms with Gasteiger partial charge in [-0.2, -0.15) is 0 Å². The van der Waals surface area contributed by atoms with Gasteiger partial charge in [0.2, 0.25) is 0 Å². The summed E-state index contributed by atoms with van der Waals surface area (Å²) in [7, 11) is 1.55. The van der Waals surface area contributed by atoms with E-state index in [1.54, 1.807) is 31.4 Å². The SMILES string of the molecule is COc1ccccc1OCC(=O)Oc1ccc(-c2ccc(C)cc2)cc1. The Hall–Kier alpha value is -3.27. The number of rotatable bonds is 6. The fraction of sp³-hybridized carbons (Fsp3) is 0.136. The minimum absolute atomic E-state index is 0.194. The zero-order valence-corrected chi connectivity index (χ0v) is 14.8. The predicted molar refractivity (Wildman–Crippen MR) is 101 cm³/mol. The summed E-state index contributed by atoms with van der Waals surface area (Å²) in [6, 6.07) is 22.8. The molecule has 4 heteroatoms. The Morgan fingerprint density at radius 3 is 2.00 bits per heavy atom. The smallest absolute Gasteiger partial charge is 0.349 e. The molecule has 0 aromatic heterocycles. The van der Waals surface area contributed by atoms with Crippen LogP contribution in [0.25, 0.3) is 11.1 Å². The molecule has 0 N–H and O–H groups in total. The van der Waals surface area contributed by atoms with Crippen molar-refractivity contribution in [3.63, 3.8) is 0 Å². The van der Waals surface area contributed by atoms with Gasteiger partial charge in [-0.05, 0) is 42.3 Å². The molecule has 0 atom stereocenters. The summed E-state index contributed by atoms with van der Waals surface area (Å²) in [6.07, 6.45) is 0. The third-order valence-corrected chi connectivity index (χ3v) is 3.89. The first-order valence-corrected chi connectivity index (χ1v) is 8.29. The van der Waals surface area contributed by atoms with Crippen molar-refractivity contribution in [1.82, 2.24) is 0 Å². The highest BCUT2D eigenvalue weighted by atomic mass is 16.6. The van der Waals surface area contributed by atoms with Gasteiger partial charge in [0.25, 0.3) is 0 Å². The number of aryl methyl sites for hydroxylation is 1. The number of esters is 1. The number of ether oxygens (including phenoxy) is 3. The molecule has 4 nitrogen and oxygen atoms in total. The van der Waals surface area contributed by atoms with Gasteiger partial charge in [-0.25, -0.2) is 4.79 Å². The first-order valence-electron chi connectivity index (χ1n) is 8.29. The van der Waals surface area contributed by atoms with Crippen LogP contribution in [0.15, 0.2) is 72.8 Å². The van der Waals surface area contributed by atoms with Gasteiger partial charge < -0.3 is 14.2 Å². The van der Waals surface area contributed by atoms with Crippen molar-refractivity contribution in [2.75, 3.05) is 13.7 Å². The van der Waals surface area contributed by atoms with E-state index >= 15 is 0 Å². The number of carbonyl (C=O) groups is 1. The van der Waals surface area contributed by atoms with E-state index in [1.807, 2.05) is 24.3 Å². The minimum Gasteiger partial charge on any atom is -0.493 e. The molecule has 0 unspecified atom stereocenters. The highest BCUT2D eigenvalue weighted by Gasteiger charge is 2.09. The summed E-state index contributed by atoms with van der Waals surface area (Å²) in [6.45, 7) is 1.86. The molecule has 0 heterocycles. The molecule has 0 spiro atoms. The molecular formula is C22H20O4. The molecule has 0 saturated carbocycles. The third kappa shape index (κ3) is 4.42. The monoisotopic (exact) mass is 348 g/mol. The average Bonchev–Trinajstić information content (AvgIpc) is 2.68. The molecule has 0 amide bonds. The summed E-state index contributed by atoms with van der Waals surface area (Å²) in [5.41, 5.74) is 3.40. The largest absolute Gasteiger partial charge is 0.493 e. The van der Waals surface area contributed by atoms with Crippen LogP contribution in [0.1, 0.15) is 5.56 Å². The van der Waals surface area contributed by atoms with Crippen molar-refractivity contribution >= 4 is 5.97 Å². The minimum atomic E-state index is -0.473. The van der Waals surface area contributed by atoms with Crippen molar-refractivity contribution < 1.29 is 19.0 Å². The van der Waals surface area contributed by atoms with Gasteiger partial charge in [-0.1, -0.05) is 54.1 Å². The van der Waals surface area contributed by atoms with E-state index in [2.05, 4.69) is 31.2 Å². The molecular weight excluding hydrogens is 328 g/mol. The Balaban J connectivity index is 1.58. The molecule has 0 aliphatic heterocycles. The highest BCUT2D eigenvalue weighted by molar-refractivity contribution is 5.74. The highest BCUT2D eigenvalue weighted by Crippen LogP contribution is 2.26. The van der Waals surface area contributed by atoms with Gasteiger partial charge >= 0.3 is 5.97 Å². The quantitative estimate of drug-likeness (QED) is 0.480. The van der Waals surface area contributed by atoms with Crippen LogP contribution in [0.4, 0.5) is 0 Å². The molecule has 26 heavy (non-hydrogen) atoms. The van der Waals surface area contributed by atoms with Crippen LogP contribution < -0.4 is 14.2 Å². The van der Waals surface area contributed by atoms with Crippen molar-refractivity contribution in [3.05, 3.63) is 78.4 Å². The second kappa shape index (κ2) is 8.21. The molecule has 3 aromatic rings. The van der Waals surface area contributed by atoms with Crippen molar-refractivity contribution in [3.8, 4) is 28.4 Å². The second-order valence-electron chi connectivity index (χ2n) is 5.80. The van der Waals surface area contributed by atoms with Gasteiger partial charge in [0.15, 0.2) is 18.1 Å². The molecule has 0 radical (unpaired) electrons. The molecule has 0 bridgehead atoms. The maximum absolute atomic E-state index is 12.0. The normalized spacial score (nSPS) is 10.2. The van der Waals surface area contributed by atoms with E-state index in [0.717, 1.165) is 11.1 Å². The van der Waals surface area contributed by atoms with E-state index in [0.29, 0.717) is 17.2 Å². The Morgan fingerprint density at radius 2 is 1.38 bits per heavy atom. The summed E-state index contributed by atoms with van der Waals surface area (Å²) < 4.78 is 16.0. The second-order valence-corrected chi connectivity index (χ2v) is 5.80. The Labute approximate surface area is 153 Å². The maximum atomic E-state index is 12.0. The number of para-hydroxylation sites is 2. The lowest BCUT2D eigenvalue weighted by Gasteiger charge is -2.10. The molecule has 0 aliphatic carbocycles. The Bertz CT molecular complexity index is 867. The molecule has 0 saturated heterocycles. The first kappa shape index (κ1) is 17.5. The van der Waals surface area contributed by atoms with Crippen LogP contribution in [0.5, 0.6) is 17.2 Å². The first-order chi connectivity index (χ1) is 12.7. The van der Waals surface area contributed by atoms with Gasteiger partial charge in [0.1, 0.15) is 5.75 Å². The number of benzene rings is 3. The average molecular weight is 348 g/mol. The lowest BCUT2D eigenvalue weighted by Crippen LogP contribution is -2.17. The molecule has 3 aromatic carbocycles. The third-order valence-electron chi connectivity index (χ3n) is 3.89. The molecule has 132 valence electrons. The van der Waals surface area contributed by atoms with Crippen LogP contribution in [-0.4, -0.2) is 19.7 Å². The van der Waals surface area contributed by atoms with E-state index in [-0.39, 0.29) is 6.61 Å². The van der Waals surface area contributed by atoms with Gasteiger partial charge in [-0.15, -0.1) is 0 Å². The Morgan fingerprint density at radius 1 is 0.808 bits per heavy atom. The van der Waals surface area contributed by atoms with E-state index in [4.69, 9.17) is 14.2 Å². The number of hydrogen-bond donors (Lipinski definition) is 0. The van der Waals surface area contributed by atoms with Gasteiger partial charge in [-0.3, -0.25) is 0 Å². The van der Waals surface area contributed by atoms with Crippen LogP contribution in [-0.2, 0) is 4.79 Å². The maximum Gasteiger partial charge on any atom is 0.349 e. The number of carbonyl (C=O) groups excluding carboxylic acids is 1.